The van der Waals surface area contributed by atoms with Gasteiger partial charge in [0.2, 0.25) is 0 Å². The molecular formula is C17H23NS3. The fourth-order valence-corrected chi connectivity index (χ4v) is 6.87. The van der Waals surface area contributed by atoms with E-state index < -0.39 is 0 Å². The molecular weight excluding hydrogens is 314 g/mol. The minimum Gasteiger partial charge on any atom is -0.309 e. The molecule has 2 aromatic rings. The molecule has 3 atom stereocenters. The summed E-state index contributed by atoms with van der Waals surface area (Å²) in [5, 5.41) is 8.84. The number of hydrogen-bond donors (Lipinski definition) is 1. The van der Waals surface area contributed by atoms with Gasteiger partial charge in [-0.2, -0.15) is 23.5 Å². The van der Waals surface area contributed by atoms with E-state index >= 15 is 0 Å². The normalized spacial score (nSPS) is 24.3. The first-order chi connectivity index (χ1) is 10.3. The molecule has 1 aliphatic heterocycles. The molecule has 0 aliphatic carbocycles. The Bertz CT molecular complexity index is 580. The summed E-state index contributed by atoms with van der Waals surface area (Å²) in [7, 11) is 0. The highest BCUT2D eigenvalue weighted by Crippen LogP contribution is 2.41. The molecule has 0 saturated carbocycles. The second-order valence-corrected chi connectivity index (χ2v) is 9.22. The lowest BCUT2D eigenvalue weighted by Gasteiger charge is -2.35. The lowest BCUT2D eigenvalue weighted by molar-refractivity contribution is 0.512. The molecule has 1 fully saturated rings. The zero-order chi connectivity index (χ0) is 14.7. The van der Waals surface area contributed by atoms with Gasteiger partial charge in [-0.25, -0.2) is 0 Å². The fraction of sp³-hybridized carbons (Fsp3) is 0.529. The van der Waals surface area contributed by atoms with Gasteiger partial charge in [0.05, 0.1) is 0 Å². The van der Waals surface area contributed by atoms with Crippen molar-refractivity contribution in [3.8, 4) is 0 Å². The second kappa shape index (κ2) is 7.40. The first kappa shape index (κ1) is 15.7. The van der Waals surface area contributed by atoms with Gasteiger partial charge in [0.25, 0.3) is 0 Å². The molecule has 114 valence electrons. The standard InChI is InChI=1S/C17H23NS3/c1-3-8-18-15(16-12(2)19-10-11-21-16)14-6-4-5-13-7-9-20-17(13)14/h4-7,9,12,15-16,18H,3,8,10-11H2,1-2H3. The molecule has 1 nitrogen and oxygen atoms in total. The highest BCUT2D eigenvalue weighted by molar-refractivity contribution is 8.07. The van der Waals surface area contributed by atoms with E-state index in [-0.39, 0.29) is 0 Å². The van der Waals surface area contributed by atoms with Crippen molar-refractivity contribution in [3.63, 3.8) is 0 Å². The molecule has 1 saturated heterocycles. The van der Waals surface area contributed by atoms with Crippen LogP contribution < -0.4 is 5.32 Å². The van der Waals surface area contributed by atoms with Crippen molar-refractivity contribution in [2.24, 2.45) is 0 Å². The van der Waals surface area contributed by atoms with Crippen LogP contribution in [0.15, 0.2) is 29.6 Å². The SMILES string of the molecule is CCCNC(c1cccc2ccsc12)C1SCCSC1C. The Balaban J connectivity index is 1.96. The Kier molecular flexibility index (Phi) is 5.54. The van der Waals surface area contributed by atoms with Gasteiger partial charge in [0.15, 0.2) is 0 Å². The van der Waals surface area contributed by atoms with E-state index in [1.165, 1.54) is 33.6 Å². The van der Waals surface area contributed by atoms with Crippen molar-refractivity contribution in [1.29, 1.82) is 0 Å². The highest BCUT2D eigenvalue weighted by atomic mass is 32.2. The molecule has 4 heteroatoms. The van der Waals surface area contributed by atoms with Crippen molar-refractivity contribution in [1.82, 2.24) is 5.32 Å². The van der Waals surface area contributed by atoms with E-state index in [0.717, 1.165) is 6.54 Å². The minimum atomic E-state index is 0.472. The Hall–Kier alpha value is -0.160. The number of nitrogens with one attached hydrogen (secondary N) is 1. The van der Waals surface area contributed by atoms with Crippen LogP contribution >= 0.6 is 34.9 Å². The number of hydrogen-bond acceptors (Lipinski definition) is 4. The Morgan fingerprint density at radius 2 is 2.10 bits per heavy atom. The van der Waals surface area contributed by atoms with Gasteiger partial charge in [-0.05, 0) is 35.4 Å². The number of thioether (sulfide) groups is 2. The summed E-state index contributed by atoms with van der Waals surface area (Å²) in [5.74, 6) is 2.58. The Labute approximate surface area is 140 Å². The molecule has 1 aromatic carbocycles. The Morgan fingerprint density at radius 1 is 1.24 bits per heavy atom. The van der Waals surface area contributed by atoms with Crippen molar-refractivity contribution >= 4 is 44.9 Å². The molecule has 1 aliphatic rings. The Morgan fingerprint density at radius 3 is 2.90 bits per heavy atom. The van der Waals surface area contributed by atoms with E-state index in [4.69, 9.17) is 0 Å². The summed E-state index contributed by atoms with van der Waals surface area (Å²) >= 11 is 6.17. The first-order valence-corrected chi connectivity index (χ1v) is 10.7. The van der Waals surface area contributed by atoms with E-state index in [2.05, 4.69) is 72.3 Å². The number of benzene rings is 1. The highest BCUT2D eigenvalue weighted by Gasteiger charge is 2.32. The maximum absolute atomic E-state index is 3.84. The van der Waals surface area contributed by atoms with Crippen LogP contribution in [0.5, 0.6) is 0 Å². The summed E-state index contributed by atoms with van der Waals surface area (Å²) in [6.07, 6.45) is 1.19. The predicted octanol–water partition coefficient (Wildman–Crippen LogP) is 5.18. The first-order valence-electron chi connectivity index (χ1n) is 7.74. The van der Waals surface area contributed by atoms with E-state index in [0.29, 0.717) is 16.5 Å². The molecule has 2 heterocycles. The van der Waals surface area contributed by atoms with Crippen LogP contribution in [0, 0.1) is 0 Å². The summed E-state index contributed by atoms with van der Waals surface area (Å²) in [6, 6.07) is 9.50. The van der Waals surface area contributed by atoms with Crippen LogP contribution in [-0.2, 0) is 0 Å². The maximum atomic E-state index is 3.84. The van der Waals surface area contributed by atoms with Gasteiger partial charge in [0.1, 0.15) is 0 Å². The summed E-state index contributed by atoms with van der Waals surface area (Å²) in [6.45, 7) is 5.75. The van der Waals surface area contributed by atoms with Crippen molar-refractivity contribution in [2.45, 2.75) is 36.8 Å². The van der Waals surface area contributed by atoms with Gasteiger partial charge in [0, 0.05) is 32.7 Å². The van der Waals surface area contributed by atoms with Gasteiger partial charge >= 0.3 is 0 Å². The molecule has 1 aromatic heterocycles. The molecule has 0 spiro atoms. The van der Waals surface area contributed by atoms with Crippen molar-refractivity contribution in [3.05, 3.63) is 35.2 Å². The van der Waals surface area contributed by atoms with Gasteiger partial charge in [-0.15, -0.1) is 11.3 Å². The lowest BCUT2D eigenvalue weighted by Crippen LogP contribution is -2.38. The summed E-state index contributed by atoms with van der Waals surface area (Å²) in [4.78, 5) is 0. The molecule has 0 radical (unpaired) electrons. The second-order valence-electron chi connectivity index (χ2n) is 5.53. The van der Waals surface area contributed by atoms with Crippen molar-refractivity contribution < 1.29 is 0 Å². The molecule has 3 unspecified atom stereocenters. The largest absolute Gasteiger partial charge is 0.309 e. The molecule has 0 amide bonds. The minimum absolute atomic E-state index is 0.472. The van der Waals surface area contributed by atoms with Crippen LogP contribution in [0.3, 0.4) is 0 Å². The smallest absolute Gasteiger partial charge is 0.0465 e. The fourth-order valence-electron chi connectivity index (χ4n) is 2.98. The number of rotatable bonds is 5. The summed E-state index contributed by atoms with van der Waals surface area (Å²) in [5.41, 5.74) is 1.50. The van der Waals surface area contributed by atoms with Crippen LogP contribution in [0.25, 0.3) is 10.1 Å². The molecule has 21 heavy (non-hydrogen) atoms. The third-order valence-corrected chi connectivity index (χ3v) is 8.20. The van der Waals surface area contributed by atoms with Gasteiger partial charge < -0.3 is 5.32 Å². The average molecular weight is 338 g/mol. The van der Waals surface area contributed by atoms with Gasteiger partial charge in [-0.3, -0.25) is 0 Å². The van der Waals surface area contributed by atoms with E-state index in [9.17, 15) is 0 Å². The maximum Gasteiger partial charge on any atom is 0.0465 e. The molecule has 0 bridgehead atoms. The van der Waals surface area contributed by atoms with Crippen LogP contribution in [0.4, 0.5) is 0 Å². The molecule has 3 rings (SSSR count). The quantitative estimate of drug-likeness (QED) is 0.807. The molecule has 1 N–H and O–H groups in total. The van der Waals surface area contributed by atoms with Crippen molar-refractivity contribution in [2.75, 3.05) is 18.1 Å². The third kappa shape index (κ3) is 3.44. The average Bonchev–Trinajstić information content (AvgIpc) is 2.98. The predicted molar refractivity (Wildman–Crippen MR) is 101 cm³/mol. The van der Waals surface area contributed by atoms with E-state index in [1.54, 1.807) is 0 Å². The van der Waals surface area contributed by atoms with Gasteiger partial charge in [-0.1, -0.05) is 32.0 Å². The summed E-state index contributed by atoms with van der Waals surface area (Å²) < 4.78 is 1.47. The zero-order valence-electron chi connectivity index (χ0n) is 12.7. The third-order valence-electron chi connectivity index (χ3n) is 4.02. The number of thiophene rings is 1. The topological polar surface area (TPSA) is 12.0 Å². The van der Waals surface area contributed by atoms with Crippen LogP contribution in [0.1, 0.15) is 31.9 Å². The van der Waals surface area contributed by atoms with Crippen LogP contribution in [-0.4, -0.2) is 28.6 Å². The number of fused-ring (bicyclic) bond motifs is 1. The lowest BCUT2D eigenvalue weighted by atomic mass is 10.00. The van der Waals surface area contributed by atoms with Crippen LogP contribution in [0.2, 0.25) is 0 Å². The monoisotopic (exact) mass is 337 g/mol. The zero-order valence-corrected chi connectivity index (χ0v) is 15.1. The van der Waals surface area contributed by atoms with E-state index in [1.807, 2.05) is 11.3 Å².